The molecule has 0 unspecified atom stereocenters. The van der Waals surface area contributed by atoms with E-state index < -0.39 is 10.0 Å². The number of piperidine rings is 1. The van der Waals surface area contributed by atoms with Crippen molar-refractivity contribution in [1.29, 1.82) is 0 Å². The standard InChI is InChI=1S/C20H21N3O2S2/c24-27(25,23-13-5-2-6-14-23)20-10-9-18(26-20)17-11-12-21-19(22-17)15-16-7-3-1-4-8-16/h1,3-4,7-12H,2,5-6,13-15H2. The van der Waals surface area contributed by atoms with E-state index >= 15 is 0 Å². The van der Waals surface area contributed by atoms with E-state index in [1.807, 2.05) is 42.5 Å². The van der Waals surface area contributed by atoms with Gasteiger partial charge >= 0.3 is 0 Å². The fraction of sp³-hybridized carbons (Fsp3) is 0.300. The van der Waals surface area contributed by atoms with Crippen molar-refractivity contribution in [3.63, 3.8) is 0 Å². The molecule has 0 spiro atoms. The average molecular weight is 400 g/mol. The topological polar surface area (TPSA) is 63.2 Å². The van der Waals surface area contributed by atoms with Crippen molar-refractivity contribution in [2.75, 3.05) is 13.1 Å². The van der Waals surface area contributed by atoms with Crippen molar-refractivity contribution in [2.24, 2.45) is 0 Å². The molecule has 140 valence electrons. The summed E-state index contributed by atoms with van der Waals surface area (Å²) in [5, 5.41) is 0. The summed E-state index contributed by atoms with van der Waals surface area (Å²) in [4.78, 5) is 9.84. The summed E-state index contributed by atoms with van der Waals surface area (Å²) in [7, 11) is -3.40. The molecule has 27 heavy (non-hydrogen) atoms. The Kier molecular flexibility index (Phi) is 5.33. The zero-order chi connectivity index (χ0) is 18.7. The second kappa shape index (κ2) is 7.88. The highest BCUT2D eigenvalue weighted by atomic mass is 32.2. The molecular formula is C20H21N3O2S2. The lowest BCUT2D eigenvalue weighted by molar-refractivity contribution is 0.347. The minimum Gasteiger partial charge on any atom is -0.241 e. The van der Waals surface area contributed by atoms with Gasteiger partial charge in [0.1, 0.15) is 10.0 Å². The first-order valence-corrected chi connectivity index (χ1v) is 11.3. The van der Waals surface area contributed by atoms with E-state index in [1.165, 1.54) is 11.3 Å². The molecule has 0 bridgehead atoms. The summed E-state index contributed by atoms with van der Waals surface area (Å²) in [6.45, 7) is 1.23. The number of hydrogen-bond donors (Lipinski definition) is 0. The van der Waals surface area contributed by atoms with E-state index in [0.717, 1.165) is 41.2 Å². The summed E-state index contributed by atoms with van der Waals surface area (Å²) in [6, 6.07) is 15.4. The van der Waals surface area contributed by atoms with Gasteiger partial charge in [0, 0.05) is 25.7 Å². The van der Waals surface area contributed by atoms with Gasteiger partial charge < -0.3 is 0 Å². The van der Waals surface area contributed by atoms with E-state index in [1.54, 1.807) is 16.6 Å². The smallest absolute Gasteiger partial charge is 0.241 e. The van der Waals surface area contributed by atoms with Gasteiger partial charge in [0.2, 0.25) is 0 Å². The third-order valence-electron chi connectivity index (χ3n) is 4.65. The SMILES string of the molecule is O=S(=O)(c1ccc(-c2ccnc(Cc3ccccc3)n2)s1)N1CCCCC1. The predicted molar refractivity (Wildman–Crippen MR) is 107 cm³/mol. The molecule has 0 N–H and O–H groups in total. The Hall–Kier alpha value is -2.09. The molecule has 7 heteroatoms. The second-order valence-electron chi connectivity index (χ2n) is 6.60. The summed E-state index contributed by atoms with van der Waals surface area (Å²) >= 11 is 1.28. The first-order valence-electron chi connectivity index (χ1n) is 9.09. The van der Waals surface area contributed by atoms with Crippen molar-refractivity contribution in [1.82, 2.24) is 14.3 Å². The summed E-state index contributed by atoms with van der Waals surface area (Å²) in [5.74, 6) is 0.729. The van der Waals surface area contributed by atoms with E-state index in [0.29, 0.717) is 23.7 Å². The average Bonchev–Trinajstić information content (AvgIpc) is 3.21. The Morgan fingerprint density at radius 2 is 1.74 bits per heavy atom. The number of thiophene rings is 1. The second-order valence-corrected chi connectivity index (χ2v) is 9.85. The van der Waals surface area contributed by atoms with Crippen LogP contribution in [0.1, 0.15) is 30.7 Å². The minimum atomic E-state index is -3.40. The number of hydrogen-bond acceptors (Lipinski definition) is 5. The quantitative estimate of drug-likeness (QED) is 0.651. The van der Waals surface area contributed by atoms with Crippen LogP contribution in [0.5, 0.6) is 0 Å². The van der Waals surface area contributed by atoms with Gasteiger partial charge in [-0.05, 0) is 36.6 Å². The monoisotopic (exact) mass is 399 g/mol. The van der Waals surface area contributed by atoms with Crippen LogP contribution in [0, 0.1) is 0 Å². The molecule has 0 amide bonds. The van der Waals surface area contributed by atoms with E-state index in [-0.39, 0.29) is 0 Å². The van der Waals surface area contributed by atoms with Gasteiger partial charge in [-0.15, -0.1) is 11.3 Å². The molecule has 2 aromatic heterocycles. The van der Waals surface area contributed by atoms with Crippen LogP contribution in [0.3, 0.4) is 0 Å². The third-order valence-corrected chi connectivity index (χ3v) is 8.13. The molecule has 0 aliphatic carbocycles. The summed E-state index contributed by atoms with van der Waals surface area (Å²) < 4.78 is 27.7. The highest BCUT2D eigenvalue weighted by Gasteiger charge is 2.27. The Balaban J connectivity index is 1.57. The molecule has 1 fully saturated rings. The molecular weight excluding hydrogens is 378 g/mol. The fourth-order valence-corrected chi connectivity index (χ4v) is 6.18. The number of benzene rings is 1. The minimum absolute atomic E-state index is 0.391. The zero-order valence-corrected chi connectivity index (χ0v) is 16.5. The van der Waals surface area contributed by atoms with Crippen molar-refractivity contribution < 1.29 is 8.42 Å². The Bertz CT molecular complexity index is 1010. The first-order chi connectivity index (χ1) is 13.1. The largest absolute Gasteiger partial charge is 0.252 e. The highest BCUT2D eigenvalue weighted by Crippen LogP contribution is 2.32. The summed E-state index contributed by atoms with van der Waals surface area (Å²) in [5.41, 5.74) is 1.91. The molecule has 1 saturated heterocycles. The van der Waals surface area contributed by atoms with Crippen LogP contribution in [-0.4, -0.2) is 35.8 Å². The molecule has 1 aromatic carbocycles. The van der Waals surface area contributed by atoms with Crippen LogP contribution < -0.4 is 0 Å². The predicted octanol–water partition coefficient (Wildman–Crippen LogP) is 3.97. The van der Waals surface area contributed by atoms with Crippen LogP contribution in [0.4, 0.5) is 0 Å². The molecule has 5 nitrogen and oxygen atoms in total. The van der Waals surface area contributed by atoms with Gasteiger partial charge in [-0.2, -0.15) is 4.31 Å². The zero-order valence-electron chi connectivity index (χ0n) is 14.9. The lowest BCUT2D eigenvalue weighted by Gasteiger charge is -2.25. The number of sulfonamides is 1. The maximum absolute atomic E-state index is 12.8. The Morgan fingerprint density at radius 3 is 2.52 bits per heavy atom. The molecule has 3 aromatic rings. The van der Waals surface area contributed by atoms with E-state index in [4.69, 9.17) is 0 Å². The summed E-state index contributed by atoms with van der Waals surface area (Å²) in [6.07, 6.45) is 5.36. The number of nitrogens with zero attached hydrogens (tertiary/aromatic N) is 3. The Labute approximate surface area is 163 Å². The molecule has 4 rings (SSSR count). The van der Waals surface area contributed by atoms with Gasteiger partial charge in [0.15, 0.2) is 0 Å². The maximum Gasteiger partial charge on any atom is 0.252 e. The molecule has 1 aliphatic rings. The van der Waals surface area contributed by atoms with Crippen LogP contribution in [0.2, 0.25) is 0 Å². The van der Waals surface area contributed by atoms with Crippen LogP contribution in [0.15, 0.2) is 58.9 Å². The van der Waals surface area contributed by atoms with Crippen molar-refractivity contribution in [3.05, 3.63) is 66.1 Å². The number of aromatic nitrogens is 2. The van der Waals surface area contributed by atoms with Crippen molar-refractivity contribution in [3.8, 4) is 10.6 Å². The van der Waals surface area contributed by atoms with E-state index in [9.17, 15) is 8.42 Å². The lowest BCUT2D eigenvalue weighted by Crippen LogP contribution is -2.35. The van der Waals surface area contributed by atoms with Gasteiger partial charge in [0.05, 0.1) is 10.6 Å². The van der Waals surface area contributed by atoms with Gasteiger partial charge in [-0.25, -0.2) is 18.4 Å². The van der Waals surface area contributed by atoms with Gasteiger partial charge in [-0.3, -0.25) is 0 Å². The maximum atomic E-state index is 12.8. The van der Waals surface area contributed by atoms with Gasteiger partial charge in [-0.1, -0.05) is 36.8 Å². The Morgan fingerprint density at radius 1 is 0.963 bits per heavy atom. The molecule has 0 atom stereocenters. The normalized spacial score (nSPS) is 15.7. The van der Waals surface area contributed by atoms with E-state index in [2.05, 4.69) is 9.97 Å². The fourth-order valence-electron chi connectivity index (χ4n) is 3.23. The van der Waals surface area contributed by atoms with Crippen molar-refractivity contribution >= 4 is 21.4 Å². The van der Waals surface area contributed by atoms with Crippen LogP contribution in [0.25, 0.3) is 10.6 Å². The molecule has 3 heterocycles. The molecule has 1 aliphatic heterocycles. The van der Waals surface area contributed by atoms with Crippen LogP contribution >= 0.6 is 11.3 Å². The molecule has 0 radical (unpaired) electrons. The number of rotatable bonds is 5. The lowest BCUT2D eigenvalue weighted by atomic mass is 10.1. The first kappa shape index (κ1) is 18.3. The molecule has 0 saturated carbocycles. The highest BCUT2D eigenvalue weighted by molar-refractivity contribution is 7.91. The van der Waals surface area contributed by atoms with Crippen molar-refractivity contribution in [2.45, 2.75) is 29.9 Å². The van der Waals surface area contributed by atoms with Crippen LogP contribution in [-0.2, 0) is 16.4 Å². The van der Waals surface area contributed by atoms with Gasteiger partial charge in [0.25, 0.3) is 10.0 Å². The third kappa shape index (κ3) is 4.10.